The number of para-hydroxylation sites is 1. The van der Waals surface area contributed by atoms with E-state index in [9.17, 15) is 9.59 Å². The summed E-state index contributed by atoms with van der Waals surface area (Å²) in [6.07, 6.45) is 1.75. The number of aryl methyl sites for hydroxylation is 1. The molecule has 0 fully saturated rings. The average Bonchev–Trinajstić information content (AvgIpc) is 3.07. The average molecular weight is 547 g/mol. The number of anilines is 1. The molecule has 164 valence electrons. The van der Waals surface area contributed by atoms with Gasteiger partial charge >= 0.3 is 0 Å². The van der Waals surface area contributed by atoms with E-state index in [1.54, 1.807) is 15.5 Å². The molecule has 5 nitrogen and oxygen atoms in total. The first-order valence-corrected chi connectivity index (χ1v) is 11.9. The zero-order valence-electron chi connectivity index (χ0n) is 18.5. The minimum Gasteiger partial charge on any atom is -0.305 e. The largest absolute Gasteiger partial charge is 0.305 e. The molecular formula is C27H22IN3O2. The van der Waals surface area contributed by atoms with Crippen LogP contribution in [0.2, 0.25) is 0 Å². The number of hydrogen-bond acceptors (Lipinski definition) is 3. The summed E-state index contributed by atoms with van der Waals surface area (Å²) in [4.78, 5) is 33.7. The van der Waals surface area contributed by atoms with Gasteiger partial charge in [-0.2, -0.15) is 0 Å². The molecule has 2 heterocycles. The lowest BCUT2D eigenvalue weighted by atomic mass is 10.1. The summed E-state index contributed by atoms with van der Waals surface area (Å²) in [5.74, 6) is 0.347. The van der Waals surface area contributed by atoms with Crippen molar-refractivity contribution < 1.29 is 4.79 Å². The van der Waals surface area contributed by atoms with Gasteiger partial charge in [0.25, 0.3) is 11.5 Å². The fraction of sp³-hybridized carbons (Fsp3) is 0.148. The third kappa shape index (κ3) is 3.68. The van der Waals surface area contributed by atoms with E-state index in [2.05, 4.69) is 22.6 Å². The van der Waals surface area contributed by atoms with Crippen molar-refractivity contribution in [1.29, 1.82) is 0 Å². The molecule has 6 heteroatoms. The van der Waals surface area contributed by atoms with Crippen molar-refractivity contribution in [3.05, 3.63) is 97.6 Å². The van der Waals surface area contributed by atoms with E-state index in [-0.39, 0.29) is 17.5 Å². The summed E-state index contributed by atoms with van der Waals surface area (Å²) in [5.41, 5.74) is 4.53. The Balaban J connectivity index is 1.81. The fourth-order valence-corrected chi connectivity index (χ4v) is 4.75. The molecule has 33 heavy (non-hydrogen) atoms. The predicted octanol–water partition coefficient (Wildman–Crippen LogP) is 5.59. The summed E-state index contributed by atoms with van der Waals surface area (Å²) in [6.45, 7) is 6.00. The predicted molar refractivity (Wildman–Crippen MR) is 142 cm³/mol. The monoisotopic (exact) mass is 547 g/mol. The van der Waals surface area contributed by atoms with E-state index in [0.29, 0.717) is 28.0 Å². The van der Waals surface area contributed by atoms with Crippen LogP contribution >= 0.6 is 22.6 Å². The Hall–Kier alpha value is -3.26. The van der Waals surface area contributed by atoms with E-state index < -0.39 is 0 Å². The quantitative estimate of drug-likeness (QED) is 0.248. The Kier molecular flexibility index (Phi) is 5.40. The normalized spacial score (nSPS) is 14.5. The number of benzene rings is 3. The maximum absolute atomic E-state index is 13.7. The maximum Gasteiger partial charge on any atom is 0.266 e. The second-order valence-corrected chi connectivity index (χ2v) is 9.70. The van der Waals surface area contributed by atoms with Crippen LogP contribution in [0.5, 0.6) is 0 Å². The third-order valence-electron chi connectivity index (χ3n) is 5.84. The first kappa shape index (κ1) is 21.6. The Labute approximate surface area is 205 Å². The van der Waals surface area contributed by atoms with Crippen molar-refractivity contribution in [2.45, 2.75) is 26.8 Å². The van der Waals surface area contributed by atoms with Crippen LogP contribution in [0, 0.1) is 10.5 Å². The van der Waals surface area contributed by atoms with Gasteiger partial charge in [-0.1, -0.05) is 35.9 Å². The first-order valence-electron chi connectivity index (χ1n) is 10.8. The highest BCUT2D eigenvalue weighted by Gasteiger charge is 2.34. The summed E-state index contributed by atoms with van der Waals surface area (Å²) < 4.78 is 2.56. The minimum atomic E-state index is -0.159. The number of halogens is 1. The van der Waals surface area contributed by atoms with Crippen LogP contribution in [-0.4, -0.2) is 21.5 Å². The number of amides is 1. The summed E-state index contributed by atoms with van der Waals surface area (Å²) in [6, 6.07) is 21.1. The van der Waals surface area contributed by atoms with Crippen LogP contribution in [0.1, 0.15) is 30.8 Å². The Morgan fingerprint density at radius 3 is 2.42 bits per heavy atom. The molecule has 4 aromatic rings. The van der Waals surface area contributed by atoms with E-state index in [1.807, 2.05) is 87.5 Å². The van der Waals surface area contributed by atoms with Crippen LogP contribution in [0.3, 0.4) is 0 Å². The molecular weight excluding hydrogens is 525 g/mol. The highest BCUT2D eigenvalue weighted by molar-refractivity contribution is 14.1. The second-order valence-electron chi connectivity index (χ2n) is 8.45. The molecule has 1 aliphatic rings. The number of nitrogens with zero attached hydrogens (tertiary/aromatic N) is 3. The van der Waals surface area contributed by atoms with Crippen LogP contribution in [0.4, 0.5) is 5.69 Å². The zero-order valence-corrected chi connectivity index (χ0v) is 20.7. The number of hydrogen-bond donors (Lipinski definition) is 0. The molecule has 0 bridgehead atoms. The third-order valence-corrected chi connectivity index (χ3v) is 6.51. The van der Waals surface area contributed by atoms with Crippen LogP contribution in [-0.2, 0) is 4.79 Å². The molecule has 1 aliphatic heterocycles. The number of carbonyl (C=O) groups excluding carboxylic acids is 1. The fourth-order valence-electron chi connectivity index (χ4n) is 4.26. The lowest BCUT2D eigenvalue weighted by molar-refractivity contribution is -0.113. The van der Waals surface area contributed by atoms with Gasteiger partial charge in [0.1, 0.15) is 5.82 Å². The van der Waals surface area contributed by atoms with Gasteiger partial charge in [0.15, 0.2) is 0 Å². The number of aromatic nitrogens is 2. The number of rotatable bonds is 3. The smallest absolute Gasteiger partial charge is 0.266 e. The lowest BCUT2D eigenvalue weighted by Crippen LogP contribution is -2.33. The molecule has 3 aromatic carbocycles. The SMILES string of the molecule is Cc1ccc(-n2c(/C=C3\C(=O)N(C(C)C)c4ccccc43)nc3ccc(I)cc3c2=O)cc1. The van der Waals surface area contributed by atoms with Gasteiger partial charge in [-0.05, 0) is 85.8 Å². The molecule has 5 rings (SSSR count). The molecule has 0 aliphatic carbocycles. The van der Waals surface area contributed by atoms with Gasteiger partial charge in [-0.3, -0.25) is 14.2 Å². The minimum absolute atomic E-state index is 0.00970. The van der Waals surface area contributed by atoms with Crippen LogP contribution in [0.25, 0.3) is 28.2 Å². The summed E-state index contributed by atoms with van der Waals surface area (Å²) >= 11 is 2.20. The molecule has 1 aromatic heterocycles. The Bertz CT molecular complexity index is 1500. The van der Waals surface area contributed by atoms with Crippen molar-refractivity contribution in [2.75, 3.05) is 4.90 Å². The van der Waals surface area contributed by atoms with Gasteiger partial charge < -0.3 is 4.90 Å². The van der Waals surface area contributed by atoms with Gasteiger partial charge in [-0.25, -0.2) is 4.98 Å². The molecule has 0 spiro atoms. The molecule has 0 unspecified atom stereocenters. The first-order chi connectivity index (χ1) is 15.8. The number of carbonyl (C=O) groups is 1. The van der Waals surface area contributed by atoms with E-state index >= 15 is 0 Å². The van der Waals surface area contributed by atoms with Crippen molar-refractivity contribution >= 4 is 56.7 Å². The van der Waals surface area contributed by atoms with Crippen LogP contribution < -0.4 is 10.5 Å². The summed E-state index contributed by atoms with van der Waals surface area (Å²) in [7, 11) is 0. The van der Waals surface area contributed by atoms with E-state index in [1.165, 1.54) is 0 Å². The van der Waals surface area contributed by atoms with Gasteiger partial charge in [0.05, 0.1) is 27.9 Å². The van der Waals surface area contributed by atoms with Crippen molar-refractivity contribution in [3.63, 3.8) is 0 Å². The van der Waals surface area contributed by atoms with Crippen molar-refractivity contribution in [3.8, 4) is 5.69 Å². The van der Waals surface area contributed by atoms with E-state index in [4.69, 9.17) is 4.98 Å². The number of fused-ring (bicyclic) bond motifs is 2. The van der Waals surface area contributed by atoms with Crippen LogP contribution in [0.15, 0.2) is 71.5 Å². The van der Waals surface area contributed by atoms with Crippen molar-refractivity contribution in [1.82, 2.24) is 9.55 Å². The van der Waals surface area contributed by atoms with Gasteiger partial charge in [0, 0.05) is 15.2 Å². The standard InChI is InChI=1S/C27H22IN3O2/c1-16(2)30-24-7-5-4-6-20(24)21(26(30)32)15-25-29-23-13-10-18(28)14-22(23)27(33)31(25)19-11-8-17(3)9-12-19/h4-16H,1-3H3/b21-15-. The molecule has 0 N–H and O–H groups in total. The molecule has 1 amide bonds. The highest BCUT2D eigenvalue weighted by atomic mass is 127. The van der Waals surface area contributed by atoms with Gasteiger partial charge in [0.2, 0.25) is 0 Å². The Morgan fingerprint density at radius 1 is 0.970 bits per heavy atom. The molecule has 0 saturated carbocycles. The van der Waals surface area contributed by atoms with Gasteiger partial charge in [-0.15, -0.1) is 0 Å². The zero-order chi connectivity index (χ0) is 23.3. The topological polar surface area (TPSA) is 55.2 Å². The highest BCUT2D eigenvalue weighted by Crippen LogP contribution is 2.38. The summed E-state index contributed by atoms with van der Waals surface area (Å²) in [5, 5.41) is 0.548. The van der Waals surface area contributed by atoms with Crippen molar-refractivity contribution in [2.24, 2.45) is 0 Å². The molecule has 0 saturated heterocycles. The maximum atomic E-state index is 13.7. The Morgan fingerprint density at radius 2 is 1.70 bits per heavy atom. The lowest BCUT2D eigenvalue weighted by Gasteiger charge is -2.21. The second kappa shape index (κ2) is 8.26. The molecule has 0 atom stereocenters. The molecule has 0 radical (unpaired) electrons. The van der Waals surface area contributed by atoms with E-state index in [0.717, 1.165) is 20.4 Å².